The molecule has 1 aliphatic heterocycles. The van der Waals surface area contributed by atoms with E-state index in [1.165, 1.54) is 23.9 Å². The van der Waals surface area contributed by atoms with Gasteiger partial charge in [0.05, 0.1) is 27.9 Å². The van der Waals surface area contributed by atoms with Gasteiger partial charge in [0.25, 0.3) is 5.91 Å². The standard InChI is InChI=1S/C32H26BrFN2O3S/c1-20-7-11-25(12-8-20)35-32-36(26-13-9-21(2)10-14-26)31(37)29(40-32)18-23-16-27(33)30(28(17-23)38-3)39-19-22-5-4-6-24(34)15-22/h4-18H,19H2,1-3H3/b29-18-,35-32?. The Morgan fingerprint density at radius 3 is 2.35 bits per heavy atom. The van der Waals surface area contributed by atoms with E-state index in [0.717, 1.165) is 28.1 Å². The van der Waals surface area contributed by atoms with E-state index < -0.39 is 0 Å². The topological polar surface area (TPSA) is 51.1 Å². The van der Waals surface area contributed by atoms with E-state index in [9.17, 15) is 9.18 Å². The Hall–Kier alpha value is -3.88. The predicted molar refractivity (Wildman–Crippen MR) is 164 cm³/mol. The Labute approximate surface area is 245 Å². The number of amidine groups is 1. The second-order valence-corrected chi connectivity index (χ2v) is 11.1. The van der Waals surface area contributed by atoms with Gasteiger partial charge in [0, 0.05) is 0 Å². The van der Waals surface area contributed by atoms with Crippen LogP contribution in [0.4, 0.5) is 15.8 Å². The highest BCUT2D eigenvalue weighted by molar-refractivity contribution is 9.10. The van der Waals surface area contributed by atoms with E-state index in [1.807, 2.05) is 74.5 Å². The fourth-order valence-corrected chi connectivity index (χ4v) is 5.67. The quantitative estimate of drug-likeness (QED) is 0.195. The lowest BCUT2D eigenvalue weighted by Crippen LogP contribution is -2.28. The third kappa shape index (κ3) is 6.29. The molecule has 0 aromatic heterocycles. The van der Waals surface area contributed by atoms with Crippen molar-refractivity contribution in [3.63, 3.8) is 0 Å². The first kappa shape index (κ1) is 27.7. The highest BCUT2D eigenvalue weighted by Crippen LogP contribution is 2.41. The summed E-state index contributed by atoms with van der Waals surface area (Å²) in [6.07, 6.45) is 1.81. The predicted octanol–water partition coefficient (Wildman–Crippen LogP) is 8.60. The second kappa shape index (κ2) is 12.1. The van der Waals surface area contributed by atoms with Gasteiger partial charge in [-0.05, 0) is 107 Å². The minimum Gasteiger partial charge on any atom is -0.493 e. The number of hydrogen-bond acceptors (Lipinski definition) is 5. The number of anilines is 1. The van der Waals surface area contributed by atoms with Crippen LogP contribution in [-0.4, -0.2) is 18.2 Å². The Balaban J connectivity index is 1.47. The van der Waals surface area contributed by atoms with Gasteiger partial charge in [0.2, 0.25) is 0 Å². The molecule has 1 fully saturated rings. The first-order valence-corrected chi connectivity index (χ1v) is 14.1. The van der Waals surface area contributed by atoms with E-state index in [0.29, 0.717) is 31.6 Å². The summed E-state index contributed by atoms with van der Waals surface area (Å²) in [5, 5.41) is 0.574. The summed E-state index contributed by atoms with van der Waals surface area (Å²) < 4.78 is 25.8. The number of carbonyl (C=O) groups is 1. The molecular weight excluding hydrogens is 591 g/mol. The monoisotopic (exact) mass is 616 g/mol. The fraction of sp³-hybridized carbons (Fsp3) is 0.125. The van der Waals surface area contributed by atoms with Crippen molar-refractivity contribution >= 4 is 56.2 Å². The molecule has 0 bridgehead atoms. The van der Waals surface area contributed by atoms with Crippen molar-refractivity contribution in [3.05, 3.63) is 122 Å². The van der Waals surface area contributed by atoms with Crippen LogP contribution in [0.1, 0.15) is 22.3 Å². The summed E-state index contributed by atoms with van der Waals surface area (Å²) in [5.74, 6) is 0.485. The number of rotatable bonds is 7. The average Bonchev–Trinajstić information content (AvgIpc) is 3.23. The summed E-state index contributed by atoms with van der Waals surface area (Å²) in [4.78, 5) is 20.7. The second-order valence-electron chi connectivity index (χ2n) is 9.27. The number of ether oxygens (including phenoxy) is 2. The summed E-state index contributed by atoms with van der Waals surface area (Å²) >= 11 is 4.89. The van der Waals surface area contributed by atoms with Gasteiger partial charge in [0.15, 0.2) is 16.7 Å². The van der Waals surface area contributed by atoms with Crippen LogP contribution >= 0.6 is 27.7 Å². The zero-order valence-electron chi connectivity index (χ0n) is 22.2. The number of methoxy groups -OCH3 is 1. The van der Waals surface area contributed by atoms with Crippen molar-refractivity contribution < 1.29 is 18.7 Å². The minimum atomic E-state index is -0.321. The van der Waals surface area contributed by atoms with E-state index in [2.05, 4.69) is 15.9 Å². The van der Waals surface area contributed by atoms with E-state index in [1.54, 1.807) is 30.2 Å². The Morgan fingerprint density at radius 2 is 1.68 bits per heavy atom. The molecule has 0 atom stereocenters. The van der Waals surface area contributed by atoms with Crippen LogP contribution in [0.15, 0.2) is 99.3 Å². The molecule has 5 rings (SSSR count). The van der Waals surface area contributed by atoms with Gasteiger partial charge >= 0.3 is 0 Å². The van der Waals surface area contributed by atoms with Crippen LogP contribution in [0, 0.1) is 19.7 Å². The van der Waals surface area contributed by atoms with Crippen LogP contribution in [0.5, 0.6) is 11.5 Å². The van der Waals surface area contributed by atoms with Gasteiger partial charge in [-0.1, -0.05) is 47.5 Å². The Kier molecular flexibility index (Phi) is 8.38. The number of amides is 1. The molecular formula is C32H26BrFN2O3S. The highest BCUT2D eigenvalue weighted by Gasteiger charge is 2.35. The molecule has 8 heteroatoms. The third-order valence-electron chi connectivity index (χ3n) is 6.18. The number of benzene rings is 4. The van der Waals surface area contributed by atoms with Crippen LogP contribution < -0.4 is 14.4 Å². The lowest BCUT2D eigenvalue weighted by atomic mass is 10.1. The number of carbonyl (C=O) groups excluding carboxylic acids is 1. The maximum Gasteiger partial charge on any atom is 0.271 e. The number of nitrogens with zero attached hydrogens (tertiary/aromatic N) is 2. The zero-order chi connectivity index (χ0) is 28.2. The smallest absolute Gasteiger partial charge is 0.271 e. The largest absolute Gasteiger partial charge is 0.493 e. The molecule has 0 aliphatic carbocycles. The molecule has 4 aromatic carbocycles. The van der Waals surface area contributed by atoms with Crippen LogP contribution in [-0.2, 0) is 11.4 Å². The maximum atomic E-state index is 13.7. The molecule has 1 saturated heterocycles. The van der Waals surface area contributed by atoms with Crippen molar-refractivity contribution in [1.82, 2.24) is 0 Å². The van der Waals surface area contributed by atoms with Crippen molar-refractivity contribution in [2.75, 3.05) is 12.0 Å². The van der Waals surface area contributed by atoms with E-state index in [-0.39, 0.29) is 18.3 Å². The molecule has 5 nitrogen and oxygen atoms in total. The van der Waals surface area contributed by atoms with Gasteiger partial charge in [0.1, 0.15) is 12.4 Å². The number of thioether (sulfide) groups is 1. The Morgan fingerprint density at radius 1 is 0.975 bits per heavy atom. The van der Waals surface area contributed by atoms with Crippen molar-refractivity contribution in [2.24, 2.45) is 4.99 Å². The molecule has 202 valence electrons. The molecule has 1 aliphatic rings. The fourth-order valence-electron chi connectivity index (χ4n) is 4.10. The lowest BCUT2D eigenvalue weighted by molar-refractivity contribution is -0.113. The maximum absolute atomic E-state index is 13.7. The molecule has 0 saturated carbocycles. The molecule has 40 heavy (non-hydrogen) atoms. The molecule has 1 amide bonds. The van der Waals surface area contributed by atoms with Crippen molar-refractivity contribution in [1.29, 1.82) is 0 Å². The first-order valence-electron chi connectivity index (χ1n) is 12.5. The van der Waals surface area contributed by atoms with Gasteiger partial charge in [-0.15, -0.1) is 0 Å². The normalized spacial score (nSPS) is 15.2. The summed E-state index contributed by atoms with van der Waals surface area (Å²) in [6, 6.07) is 25.6. The summed E-state index contributed by atoms with van der Waals surface area (Å²) in [7, 11) is 1.55. The van der Waals surface area contributed by atoms with Gasteiger partial charge < -0.3 is 9.47 Å². The van der Waals surface area contributed by atoms with E-state index in [4.69, 9.17) is 14.5 Å². The summed E-state index contributed by atoms with van der Waals surface area (Å²) in [5.41, 5.74) is 5.20. The first-order chi connectivity index (χ1) is 19.3. The minimum absolute atomic E-state index is 0.166. The van der Waals surface area contributed by atoms with E-state index >= 15 is 0 Å². The molecule has 1 heterocycles. The van der Waals surface area contributed by atoms with Crippen molar-refractivity contribution in [3.8, 4) is 11.5 Å². The average molecular weight is 618 g/mol. The van der Waals surface area contributed by atoms with Gasteiger partial charge in [-0.3, -0.25) is 9.69 Å². The van der Waals surface area contributed by atoms with Crippen LogP contribution in [0.25, 0.3) is 6.08 Å². The highest BCUT2D eigenvalue weighted by atomic mass is 79.9. The lowest BCUT2D eigenvalue weighted by Gasteiger charge is -2.16. The SMILES string of the molecule is COc1cc(/C=C2\SC(=Nc3ccc(C)cc3)N(c3ccc(C)cc3)C2=O)cc(Br)c1OCc1cccc(F)c1. The number of hydrogen-bond donors (Lipinski definition) is 0. The van der Waals surface area contributed by atoms with Gasteiger partial charge in [-0.25, -0.2) is 9.38 Å². The molecule has 0 spiro atoms. The summed E-state index contributed by atoms with van der Waals surface area (Å²) in [6.45, 7) is 4.20. The van der Waals surface area contributed by atoms with Crippen molar-refractivity contribution in [2.45, 2.75) is 20.5 Å². The Bertz CT molecular complexity index is 1620. The number of aryl methyl sites for hydroxylation is 2. The molecule has 0 unspecified atom stereocenters. The number of halogens is 2. The molecule has 0 N–H and O–H groups in total. The number of aliphatic imine (C=N–C) groups is 1. The molecule has 0 radical (unpaired) electrons. The third-order valence-corrected chi connectivity index (χ3v) is 7.74. The molecule has 4 aromatic rings. The zero-order valence-corrected chi connectivity index (χ0v) is 24.6. The van der Waals surface area contributed by atoms with Crippen LogP contribution in [0.3, 0.4) is 0 Å². The van der Waals surface area contributed by atoms with Gasteiger partial charge in [-0.2, -0.15) is 0 Å². The van der Waals surface area contributed by atoms with Crippen LogP contribution in [0.2, 0.25) is 0 Å².